The molecule has 0 saturated carbocycles. The van der Waals surface area contributed by atoms with Crippen molar-refractivity contribution in [1.29, 1.82) is 0 Å². The van der Waals surface area contributed by atoms with Gasteiger partial charge in [-0.2, -0.15) is 0 Å². The van der Waals surface area contributed by atoms with Crippen LogP contribution < -0.4 is 9.47 Å². The predicted molar refractivity (Wildman–Crippen MR) is 115 cm³/mol. The first-order chi connectivity index (χ1) is 15.1. The van der Waals surface area contributed by atoms with E-state index in [0.717, 1.165) is 16.5 Å². The highest BCUT2D eigenvalue weighted by Gasteiger charge is 2.29. The van der Waals surface area contributed by atoms with E-state index in [1.807, 2.05) is 55.5 Å². The van der Waals surface area contributed by atoms with Crippen LogP contribution in [-0.4, -0.2) is 66.0 Å². The Balaban J connectivity index is 1.57. The van der Waals surface area contributed by atoms with Crippen molar-refractivity contribution < 1.29 is 24.1 Å². The van der Waals surface area contributed by atoms with Gasteiger partial charge >= 0.3 is 0 Å². The SMILES string of the molecule is CC1CN(C(=O)c2cc(-c3ccc4c(c3)OCCO4)nc3ccccc23)CC(CO)O1. The van der Waals surface area contributed by atoms with E-state index in [9.17, 15) is 9.90 Å². The highest BCUT2D eigenvalue weighted by atomic mass is 16.6. The molecule has 3 heterocycles. The van der Waals surface area contributed by atoms with Gasteiger partial charge in [-0.1, -0.05) is 18.2 Å². The van der Waals surface area contributed by atoms with Crippen LogP contribution in [0.15, 0.2) is 48.5 Å². The van der Waals surface area contributed by atoms with Gasteiger partial charge in [-0.3, -0.25) is 4.79 Å². The highest BCUT2D eigenvalue weighted by molar-refractivity contribution is 6.07. The first-order valence-corrected chi connectivity index (χ1v) is 10.5. The summed E-state index contributed by atoms with van der Waals surface area (Å²) in [6.07, 6.45) is -0.515. The van der Waals surface area contributed by atoms with Gasteiger partial charge in [-0.25, -0.2) is 4.98 Å². The number of aromatic nitrogens is 1. The Morgan fingerprint density at radius 2 is 1.90 bits per heavy atom. The number of hydrogen-bond acceptors (Lipinski definition) is 6. The number of nitrogens with zero attached hydrogens (tertiary/aromatic N) is 2. The molecule has 2 aliphatic rings. The van der Waals surface area contributed by atoms with Crippen LogP contribution in [0.25, 0.3) is 22.2 Å². The van der Waals surface area contributed by atoms with Crippen molar-refractivity contribution in [3.8, 4) is 22.8 Å². The zero-order valence-electron chi connectivity index (χ0n) is 17.3. The third-order valence-corrected chi connectivity index (χ3v) is 5.60. The van der Waals surface area contributed by atoms with E-state index in [2.05, 4.69) is 0 Å². The minimum atomic E-state index is -0.377. The largest absolute Gasteiger partial charge is 0.486 e. The van der Waals surface area contributed by atoms with Crippen LogP contribution in [0.5, 0.6) is 11.5 Å². The van der Waals surface area contributed by atoms with Crippen molar-refractivity contribution in [1.82, 2.24) is 9.88 Å². The fourth-order valence-electron chi connectivity index (χ4n) is 4.19. The maximum absolute atomic E-state index is 13.6. The van der Waals surface area contributed by atoms with Crippen LogP contribution >= 0.6 is 0 Å². The summed E-state index contributed by atoms with van der Waals surface area (Å²) in [5, 5.41) is 10.3. The lowest BCUT2D eigenvalue weighted by atomic mass is 10.0. The van der Waals surface area contributed by atoms with Crippen molar-refractivity contribution in [3.63, 3.8) is 0 Å². The number of hydrogen-bond donors (Lipinski definition) is 1. The lowest BCUT2D eigenvalue weighted by Crippen LogP contribution is -2.50. The minimum Gasteiger partial charge on any atom is -0.486 e. The Morgan fingerprint density at radius 3 is 2.74 bits per heavy atom. The van der Waals surface area contributed by atoms with Crippen LogP contribution in [0.4, 0.5) is 0 Å². The van der Waals surface area contributed by atoms with Crippen LogP contribution in [0.2, 0.25) is 0 Å². The summed E-state index contributed by atoms with van der Waals surface area (Å²) in [6, 6.07) is 15.2. The molecular weight excluding hydrogens is 396 g/mol. The third-order valence-electron chi connectivity index (χ3n) is 5.60. The number of benzene rings is 2. The topological polar surface area (TPSA) is 81.1 Å². The summed E-state index contributed by atoms with van der Waals surface area (Å²) >= 11 is 0. The molecule has 2 aliphatic heterocycles. The smallest absolute Gasteiger partial charge is 0.254 e. The molecule has 1 amide bonds. The quantitative estimate of drug-likeness (QED) is 0.702. The van der Waals surface area contributed by atoms with Gasteiger partial charge in [0.15, 0.2) is 11.5 Å². The predicted octanol–water partition coefficient (Wildman–Crippen LogP) is 2.89. The normalized spacial score (nSPS) is 20.6. The molecule has 0 spiro atoms. The van der Waals surface area contributed by atoms with E-state index in [-0.39, 0.29) is 24.7 Å². The average molecular weight is 420 g/mol. The summed E-state index contributed by atoms with van der Waals surface area (Å²) < 4.78 is 17.0. The lowest BCUT2D eigenvalue weighted by Gasteiger charge is -2.36. The minimum absolute atomic E-state index is 0.0917. The highest BCUT2D eigenvalue weighted by Crippen LogP contribution is 2.35. The Kier molecular flexibility index (Phi) is 5.21. The molecule has 160 valence electrons. The number of para-hydroxylation sites is 1. The van der Waals surface area contributed by atoms with Crippen LogP contribution in [0.3, 0.4) is 0 Å². The van der Waals surface area contributed by atoms with Gasteiger partial charge in [0.05, 0.1) is 35.6 Å². The van der Waals surface area contributed by atoms with Crippen LogP contribution in [0, 0.1) is 0 Å². The second-order valence-corrected chi connectivity index (χ2v) is 7.89. The monoisotopic (exact) mass is 420 g/mol. The Labute approximate surface area is 180 Å². The Morgan fingerprint density at radius 1 is 1.10 bits per heavy atom. The van der Waals surface area contributed by atoms with Crippen molar-refractivity contribution >= 4 is 16.8 Å². The molecule has 2 unspecified atom stereocenters. The average Bonchev–Trinajstić information content (AvgIpc) is 2.82. The molecule has 2 atom stereocenters. The molecule has 7 heteroatoms. The fourth-order valence-corrected chi connectivity index (χ4v) is 4.19. The standard InChI is InChI=1S/C24H24N2O5/c1-15-12-26(13-17(14-27)31-15)24(28)19-11-21(25-20-5-3-2-4-18(19)20)16-6-7-22-23(10-16)30-9-8-29-22/h2-7,10-11,15,17,27H,8-9,12-14H2,1H3. The lowest BCUT2D eigenvalue weighted by molar-refractivity contribution is -0.0858. The van der Waals surface area contributed by atoms with E-state index < -0.39 is 0 Å². The number of carbonyl (C=O) groups is 1. The number of aliphatic hydroxyl groups excluding tert-OH is 1. The molecule has 0 radical (unpaired) electrons. The molecule has 1 N–H and O–H groups in total. The maximum atomic E-state index is 13.6. The van der Waals surface area contributed by atoms with Crippen molar-refractivity contribution in [2.75, 3.05) is 32.9 Å². The molecule has 1 fully saturated rings. The molecule has 1 aromatic heterocycles. The molecule has 0 bridgehead atoms. The first-order valence-electron chi connectivity index (χ1n) is 10.5. The Hall–Kier alpha value is -3.16. The summed E-state index contributed by atoms with van der Waals surface area (Å²) in [5.74, 6) is 1.30. The van der Waals surface area contributed by atoms with Gasteiger partial charge in [-0.15, -0.1) is 0 Å². The number of pyridine rings is 1. The van der Waals surface area contributed by atoms with Gasteiger partial charge in [0.2, 0.25) is 0 Å². The fraction of sp³-hybridized carbons (Fsp3) is 0.333. The molecule has 31 heavy (non-hydrogen) atoms. The summed E-state index contributed by atoms with van der Waals surface area (Å²) in [5.41, 5.74) is 2.88. The van der Waals surface area contributed by atoms with Crippen molar-refractivity contribution in [2.24, 2.45) is 0 Å². The second-order valence-electron chi connectivity index (χ2n) is 7.89. The third kappa shape index (κ3) is 3.82. The molecule has 5 rings (SSSR count). The van der Waals surface area contributed by atoms with E-state index in [0.29, 0.717) is 49.1 Å². The Bertz CT molecular complexity index is 1130. The summed E-state index contributed by atoms with van der Waals surface area (Å²) in [4.78, 5) is 20.1. The van der Waals surface area contributed by atoms with Crippen LogP contribution in [0.1, 0.15) is 17.3 Å². The number of aliphatic hydroxyl groups is 1. The number of carbonyl (C=O) groups excluding carboxylic acids is 1. The van der Waals surface area contributed by atoms with Crippen LogP contribution in [-0.2, 0) is 4.74 Å². The molecule has 3 aromatic rings. The van der Waals surface area contributed by atoms with E-state index in [1.165, 1.54) is 0 Å². The zero-order valence-corrected chi connectivity index (χ0v) is 17.3. The van der Waals surface area contributed by atoms with Gasteiger partial charge in [0, 0.05) is 24.0 Å². The summed E-state index contributed by atoms with van der Waals surface area (Å²) in [6.45, 7) is 3.67. The van der Waals surface area contributed by atoms with Crippen molar-refractivity contribution in [3.05, 3.63) is 54.1 Å². The number of rotatable bonds is 3. The second kappa shape index (κ2) is 8.17. The molecule has 0 aliphatic carbocycles. The first kappa shape index (κ1) is 19.8. The van der Waals surface area contributed by atoms with Gasteiger partial charge < -0.3 is 24.2 Å². The summed E-state index contributed by atoms with van der Waals surface area (Å²) in [7, 11) is 0. The number of ether oxygens (including phenoxy) is 3. The van der Waals surface area contributed by atoms with E-state index in [4.69, 9.17) is 19.2 Å². The molecule has 7 nitrogen and oxygen atoms in total. The van der Waals surface area contributed by atoms with Gasteiger partial charge in [0.25, 0.3) is 5.91 Å². The molecular formula is C24H24N2O5. The van der Waals surface area contributed by atoms with E-state index >= 15 is 0 Å². The van der Waals surface area contributed by atoms with E-state index in [1.54, 1.807) is 4.90 Å². The number of morpholine rings is 1. The zero-order chi connectivity index (χ0) is 21.4. The van der Waals surface area contributed by atoms with Crippen molar-refractivity contribution in [2.45, 2.75) is 19.1 Å². The van der Waals surface area contributed by atoms with Gasteiger partial charge in [0.1, 0.15) is 13.2 Å². The van der Waals surface area contributed by atoms with Gasteiger partial charge in [-0.05, 0) is 37.3 Å². The number of fused-ring (bicyclic) bond motifs is 2. The maximum Gasteiger partial charge on any atom is 0.254 e. The molecule has 1 saturated heterocycles. The molecule has 2 aromatic carbocycles. The number of amides is 1.